The normalized spacial score (nSPS) is 11.5. The smallest absolute Gasteiger partial charge is 0.262 e. The number of rotatable bonds is 5. The van der Waals surface area contributed by atoms with Crippen LogP contribution in [-0.2, 0) is 12.3 Å². The van der Waals surface area contributed by atoms with Crippen LogP contribution in [0, 0.1) is 5.82 Å². The largest absolute Gasteiger partial charge is 0.276 e. The van der Waals surface area contributed by atoms with Gasteiger partial charge < -0.3 is 0 Å². The molecular weight excluding hydrogens is 387 g/mol. The van der Waals surface area contributed by atoms with E-state index in [1.165, 1.54) is 23.9 Å². The van der Waals surface area contributed by atoms with Crippen molar-refractivity contribution >= 4 is 40.0 Å². The zero-order valence-electron chi connectivity index (χ0n) is 14.5. The van der Waals surface area contributed by atoms with Gasteiger partial charge in [-0.3, -0.25) is 13.8 Å². The second-order valence-electron chi connectivity index (χ2n) is 6.12. The lowest BCUT2D eigenvalue weighted by Gasteiger charge is -2.10. The number of aryl methyl sites for hydroxylation is 1. The minimum Gasteiger partial charge on any atom is -0.276 e. The molecule has 0 aliphatic heterocycles. The molecule has 0 aliphatic carbocycles. The number of aromatic nitrogens is 4. The summed E-state index contributed by atoms with van der Waals surface area (Å²) in [6.45, 7) is 2.46. The molecule has 0 unspecified atom stereocenters. The first-order valence-electron chi connectivity index (χ1n) is 8.53. The molecule has 0 saturated heterocycles. The lowest BCUT2D eigenvalue weighted by atomic mass is 10.2. The Balaban J connectivity index is 1.89. The molecule has 2 aromatic heterocycles. The van der Waals surface area contributed by atoms with E-state index in [-0.39, 0.29) is 5.56 Å². The van der Waals surface area contributed by atoms with Crippen LogP contribution in [0.4, 0.5) is 4.39 Å². The fourth-order valence-electron chi connectivity index (χ4n) is 3.04. The van der Waals surface area contributed by atoms with Crippen molar-refractivity contribution in [3.05, 3.63) is 69.2 Å². The lowest BCUT2D eigenvalue weighted by Crippen LogP contribution is -2.23. The SMILES string of the molecule is CCCn1c(=O)c2cc(F)ccc2n2c(SCc3ccccc3Cl)nnc12. The third-order valence-corrected chi connectivity index (χ3v) is 5.64. The molecule has 2 aromatic carbocycles. The van der Waals surface area contributed by atoms with Gasteiger partial charge in [0.2, 0.25) is 5.78 Å². The Kier molecular flexibility index (Phi) is 4.88. The number of fused-ring (bicyclic) bond motifs is 3. The number of thioether (sulfide) groups is 1. The Hall–Kier alpha value is -2.38. The van der Waals surface area contributed by atoms with Crippen LogP contribution >= 0.6 is 23.4 Å². The molecule has 0 saturated carbocycles. The van der Waals surface area contributed by atoms with Gasteiger partial charge in [-0.2, -0.15) is 0 Å². The molecule has 0 N–H and O–H groups in total. The van der Waals surface area contributed by atoms with Crippen molar-refractivity contribution in [1.82, 2.24) is 19.2 Å². The molecule has 4 aromatic rings. The van der Waals surface area contributed by atoms with Gasteiger partial charge in [-0.05, 0) is 36.2 Å². The van der Waals surface area contributed by atoms with Gasteiger partial charge in [-0.15, -0.1) is 10.2 Å². The summed E-state index contributed by atoms with van der Waals surface area (Å²) in [5.41, 5.74) is 1.32. The van der Waals surface area contributed by atoms with Crippen molar-refractivity contribution in [2.24, 2.45) is 0 Å². The molecule has 0 bridgehead atoms. The van der Waals surface area contributed by atoms with E-state index < -0.39 is 5.82 Å². The van der Waals surface area contributed by atoms with Crippen LogP contribution in [-0.4, -0.2) is 19.2 Å². The topological polar surface area (TPSA) is 52.2 Å². The Morgan fingerprint density at radius 1 is 1.19 bits per heavy atom. The first-order valence-corrected chi connectivity index (χ1v) is 9.90. The number of benzene rings is 2. The number of nitrogens with zero attached hydrogens (tertiary/aromatic N) is 4. The highest BCUT2D eigenvalue weighted by Crippen LogP contribution is 2.27. The van der Waals surface area contributed by atoms with Crippen molar-refractivity contribution in [2.45, 2.75) is 30.8 Å². The molecule has 0 fully saturated rings. The zero-order chi connectivity index (χ0) is 19.0. The summed E-state index contributed by atoms with van der Waals surface area (Å²) in [5, 5.41) is 10.1. The molecular formula is C19H16ClFN4OS. The van der Waals surface area contributed by atoms with Crippen molar-refractivity contribution in [3.63, 3.8) is 0 Å². The van der Waals surface area contributed by atoms with E-state index in [0.717, 1.165) is 12.0 Å². The maximum Gasteiger partial charge on any atom is 0.262 e. The van der Waals surface area contributed by atoms with Gasteiger partial charge in [-0.1, -0.05) is 48.5 Å². The van der Waals surface area contributed by atoms with Crippen LogP contribution in [0.3, 0.4) is 0 Å². The van der Waals surface area contributed by atoms with Crippen LogP contribution in [0.2, 0.25) is 5.02 Å². The van der Waals surface area contributed by atoms with E-state index >= 15 is 0 Å². The summed E-state index contributed by atoms with van der Waals surface area (Å²) < 4.78 is 17.1. The Bertz CT molecular complexity index is 1200. The standard InChI is InChI=1S/C19H16ClFN4OS/c1-2-9-24-17(26)14-10-13(21)7-8-16(14)25-18(24)22-23-19(25)27-11-12-5-3-4-6-15(12)20/h3-8,10H,2,9,11H2,1H3. The Morgan fingerprint density at radius 3 is 2.78 bits per heavy atom. The predicted molar refractivity (Wildman–Crippen MR) is 106 cm³/mol. The highest BCUT2D eigenvalue weighted by Gasteiger charge is 2.17. The van der Waals surface area contributed by atoms with Gasteiger partial charge in [0.25, 0.3) is 5.56 Å². The summed E-state index contributed by atoms with van der Waals surface area (Å²) in [6.07, 6.45) is 0.755. The minimum atomic E-state index is -0.444. The molecule has 27 heavy (non-hydrogen) atoms. The summed E-state index contributed by atoms with van der Waals surface area (Å²) in [5.74, 6) is 0.624. The van der Waals surface area contributed by atoms with Crippen LogP contribution in [0.1, 0.15) is 18.9 Å². The molecule has 138 valence electrons. The van der Waals surface area contributed by atoms with Gasteiger partial charge in [-0.25, -0.2) is 4.39 Å². The molecule has 0 spiro atoms. The average molecular weight is 403 g/mol. The highest BCUT2D eigenvalue weighted by atomic mass is 35.5. The van der Waals surface area contributed by atoms with Gasteiger partial charge in [0.1, 0.15) is 5.82 Å². The van der Waals surface area contributed by atoms with Crippen molar-refractivity contribution in [2.75, 3.05) is 0 Å². The molecule has 0 amide bonds. The van der Waals surface area contributed by atoms with Crippen molar-refractivity contribution < 1.29 is 4.39 Å². The van der Waals surface area contributed by atoms with Crippen LogP contribution in [0.15, 0.2) is 52.4 Å². The lowest BCUT2D eigenvalue weighted by molar-refractivity contribution is 0.627. The molecule has 2 heterocycles. The number of hydrogen-bond donors (Lipinski definition) is 0. The van der Waals surface area contributed by atoms with Gasteiger partial charge >= 0.3 is 0 Å². The maximum absolute atomic E-state index is 13.8. The molecule has 0 radical (unpaired) electrons. The summed E-state index contributed by atoms with van der Waals surface area (Å²) in [7, 11) is 0. The zero-order valence-corrected chi connectivity index (χ0v) is 16.1. The minimum absolute atomic E-state index is 0.256. The first-order chi connectivity index (χ1) is 13.1. The fourth-order valence-corrected chi connectivity index (χ4v) is 4.26. The van der Waals surface area contributed by atoms with Gasteiger partial charge in [0.15, 0.2) is 5.16 Å². The molecule has 8 heteroatoms. The van der Waals surface area contributed by atoms with Crippen LogP contribution in [0.25, 0.3) is 16.7 Å². The fraction of sp³-hybridized carbons (Fsp3) is 0.211. The van der Waals surface area contributed by atoms with E-state index in [4.69, 9.17) is 11.6 Å². The van der Waals surface area contributed by atoms with E-state index in [0.29, 0.717) is 39.2 Å². The van der Waals surface area contributed by atoms with E-state index in [1.54, 1.807) is 10.6 Å². The Morgan fingerprint density at radius 2 is 2.00 bits per heavy atom. The van der Waals surface area contributed by atoms with Crippen molar-refractivity contribution in [3.8, 4) is 0 Å². The second-order valence-corrected chi connectivity index (χ2v) is 7.47. The average Bonchev–Trinajstić information content (AvgIpc) is 3.08. The monoisotopic (exact) mass is 402 g/mol. The van der Waals surface area contributed by atoms with Crippen LogP contribution in [0.5, 0.6) is 0 Å². The third kappa shape index (κ3) is 3.21. The summed E-state index contributed by atoms with van der Waals surface area (Å²) >= 11 is 7.71. The molecule has 4 rings (SSSR count). The quantitative estimate of drug-likeness (QED) is 0.460. The van der Waals surface area contributed by atoms with Crippen LogP contribution < -0.4 is 5.56 Å². The van der Waals surface area contributed by atoms with E-state index in [9.17, 15) is 9.18 Å². The van der Waals surface area contributed by atoms with Gasteiger partial charge in [0, 0.05) is 17.3 Å². The number of halogens is 2. The van der Waals surface area contributed by atoms with Gasteiger partial charge in [0.05, 0.1) is 10.9 Å². The first kappa shape index (κ1) is 18.0. The van der Waals surface area contributed by atoms with E-state index in [2.05, 4.69) is 10.2 Å². The van der Waals surface area contributed by atoms with E-state index in [1.807, 2.05) is 35.6 Å². The predicted octanol–water partition coefficient (Wildman–Crippen LogP) is 4.54. The summed E-state index contributed by atoms with van der Waals surface area (Å²) in [6, 6.07) is 11.8. The molecule has 5 nitrogen and oxygen atoms in total. The third-order valence-electron chi connectivity index (χ3n) is 4.29. The molecule has 0 atom stereocenters. The highest BCUT2D eigenvalue weighted by molar-refractivity contribution is 7.98. The Labute approximate surface area is 163 Å². The summed E-state index contributed by atoms with van der Waals surface area (Å²) in [4.78, 5) is 12.8. The second kappa shape index (κ2) is 7.32. The number of hydrogen-bond acceptors (Lipinski definition) is 4. The molecule has 0 aliphatic rings. The van der Waals surface area contributed by atoms with Crippen molar-refractivity contribution in [1.29, 1.82) is 0 Å². The maximum atomic E-state index is 13.8.